The molecule has 1 saturated heterocycles. The molecule has 3 rings (SSSR count). The highest BCUT2D eigenvalue weighted by atomic mass is 32.1. The molecule has 1 atom stereocenters. The van der Waals surface area contributed by atoms with Gasteiger partial charge in [0, 0.05) is 49.8 Å². The third-order valence-electron chi connectivity index (χ3n) is 3.81. The normalized spacial score (nSPS) is 17.4. The molecule has 3 heterocycles. The quantitative estimate of drug-likeness (QED) is 0.867. The highest BCUT2D eigenvalue weighted by molar-refractivity contribution is 7.09. The highest BCUT2D eigenvalue weighted by Gasteiger charge is 2.27. The number of hydrogen-bond acceptors (Lipinski definition) is 5. The second-order valence-corrected chi connectivity index (χ2v) is 6.56. The third-order valence-corrected chi connectivity index (χ3v) is 4.75. The standard InChI is InChI=1S/C17H18N4O2S/c1-12(22)20-15-4-2-13(10-19-15)3-5-16(23)21-8-6-14(11-21)17-18-7-9-24-17/h2-5,7,9-10,14H,6,8,11H2,1H3,(H,19,20,22)/b5-3+/t14-/m1/s1. The highest BCUT2D eigenvalue weighted by Crippen LogP contribution is 2.28. The van der Waals surface area contributed by atoms with Crippen LogP contribution in [0.4, 0.5) is 5.82 Å². The van der Waals surface area contributed by atoms with Crippen molar-refractivity contribution < 1.29 is 9.59 Å². The number of pyridine rings is 1. The van der Waals surface area contributed by atoms with Crippen LogP contribution in [0.5, 0.6) is 0 Å². The first-order valence-electron chi connectivity index (χ1n) is 7.72. The van der Waals surface area contributed by atoms with Crippen molar-refractivity contribution in [2.45, 2.75) is 19.3 Å². The molecule has 1 aliphatic rings. The fourth-order valence-electron chi connectivity index (χ4n) is 2.63. The van der Waals surface area contributed by atoms with E-state index in [4.69, 9.17) is 0 Å². The van der Waals surface area contributed by atoms with Crippen molar-refractivity contribution in [3.8, 4) is 0 Å². The topological polar surface area (TPSA) is 75.2 Å². The van der Waals surface area contributed by atoms with E-state index in [9.17, 15) is 9.59 Å². The van der Waals surface area contributed by atoms with Gasteiger partial charge < -0.3 is 10.2 Å². The van der Waals surface area contributed by atoms with Gasteiger partial charge in [-0.2, -0.15) is 0 Å². The summed E-state index contributed by atoms with van der Waals surface area (Å²) >= 11 is 1.64. The van der Waals surface area contributed by atoms with Crippen molar-refractivity contribution in [3.05, 3.63) is 46.6 Å². The number of aromatic nitrogens is 2. The molecular formula is C17H18N4O2S. The van der Waals surface area contributed by atoms with Crippen molar-refractivity contribution in [2.24, 2.45) is 0 Å². The molecule has 1 N–H and O–H groups in total. The van der Waals surface area contributed by atoms with E-state index in [1.54, 1.807) is 35.8 Å². The number of hydrogen-bond donors (Lipinski definition) is 1. The number of nitrogens with one attached hydrogen (secondary N) is 1. The van der Waals surface area contributed by atoms with Crippen LogP contribution < -0.4 is 5.32 Å². The minimum Gasteiger partial charge on any atom is -0.338 e. The van der Waals surface area contributed by atoms with Crippen molar-refractivity contribution in [3.63, 3.8) is 0 Å². The predicted octanol–water partition coefficient (Wildman–Crippen LogP) is 2.53. The van der Waals surface area contributed by atoms with Gasteiger partial charge in [-0.25, -0.2) is 9.97 Å². The molecule has 2 amide bonds. The Balaban J connectivity index is 1.56. The molecule has 6 nitrogen and oxygen atoms in total. The van der Waals surface area contributed by atoms with Crippen LogP contribution in [-0.2, 0) is 9.59 Å². The summed E-state index contributed by atoms with van der Waals surface area (Å²) < 4.78 is 0. The van der Waals surface area contributed by atoms with E-state index in [1.165, 1.54) is 6.92 Å². The summed E-state index contributed by atoms with van der Waals surface area (Å²) in [5, 5.41) is 5.68. The van der Waals surface area contributed by atoms with Gasteiger partial charge in [0.25, 0.3) is 0 Å². The van der Waals surface area contributed by atoms with E-state index >= 15 is 0 Å². The summed E-state index contributed by atoms with van der Waals surface area (Å²) in [5.41, 5.74) is 0.813. The maximum atomic E-state index is 12.3. The zero-order chi connectivity index (χ0) is 16.9. The van der Waals surface area contributed by atoms with Crippen LogP contribution in [0, 0.1) is 0 Å². The van der Waals surface area contributed by atoms with Gasteiger partial charge in [-0.1, -0.05) is 0 Å². The van der Waals surface area contributed by atoms with E-state index < -0.39 is 0 Å². The smallest absolute Gasteiger partial charge is 0.246 e. The van der Waals surface area contributed by atoms with Crippen molar-refractivity contribution >= 4 is 35.0 Å². The maximum absolute atomic E-state index is 12.3. The average molecular weight is 342 g/mol. The Morgan fingerprint density at radius 3 is 2.92 bits per heavy atom. The number of carbonyl (C=O) groups excluding carboxylic acids is 2. The molecule has 0 unspecified atom stereocenters. The molecule has 0 saturated carbocycles. The zero-order valence-corrected chi connectivity index (χ0v) is 14.1. The number of rotatable bonds is 4. The van der Waals surface area contributed by atoms with E-state index in [0.29, 0.717) is 11.7 Å². The number of amides is 2. The molecule has 0 bridgehead atoms. The van der Waals surface area contributed by atoms with E-state index in [2.05, 4.69) is 15.3 Å². The molecule has 2 aromatic rings. The number of likely N-dealkylation sites (tertiary alicyclic amines) is 1. The zero-order valence-electron chi connectivity index (χ0n) is 13.3. The van der Waals surface area contributed by atoms with E-state index in [0.717, 1.165) is 30.1 Å². The first-order chi connectivity index (χ1) is 11.6. The van der Waals surface area contributed by atoms with Crippen LogP contribution in [0.25, 0.3) is 6.08 Å². The lowest BCUT2D eigenvalue weighted by atomic mass is 10.1. The molecule has 0 spiro atoms. The van der Waals surface area contributed by atoms with Crippen molar-refractivity contribution in [1.29, 1.82) is 0 Å². The van der Waals surface area contributed by atoms with Gasteiger partial charge in [0.15, 0.2) is 0 Å². The van der Waals surface area contributed by atoms with Crippen molar-refractivity contribution in [1.82, 2.24) is 14.9 Å². The van der Waals surface area contributed by atoms with Gasteiger partial charge in [-0.3, -0.25) is 9.59 Å². The monoisotopic (exact) mass is 342 g/mol. The largest absolute Gasteiger partial charge is 0.338 e. The molecular weight excluding hydrogens is 324 g/mol. The first kappa shape index (κ1) is 16.3. The molecule has 24 heavy (non-hydrogen) atoms. The minimum absolute atomic E-state index is 0.00000591. The van der Waals surface area contributed by atoms with E-state index in [-0.39, 0.29) is 11.8 Å². The fraction of sp³-hybridized carbons (Fsp3) is 0.294. The second-order valence-electron chi connectivity index (χ2n) is 5.63. The Kier molecular flexibility index (Phi) is 5.00. The molecule has 0 aromatic carbocycles. The van der Waals surface area contributed by atoms with Crippen LogP contribution in [0.15, 0.2) is 36.0 Å². The maximum Gasteiger partial charge on any atom is 0.246 e. The molecule has 124 valence electrons. The Labute approximate surface area is 144 Å². The molecule has 2 aromatic heterocycles. The van der Waals surface area contributed by atoms with Gasteiger partial charge in [0.1, 0.15) is 5.82 Å². The lowest BCUT2D eigenvalue weighted by Gasteiger charge is -2.13. The van der Waals surface area contributed by atoms with Crippen molar-refractivity contribution in [2.75, 3.05) is 18.4 Å². The Bertz CT molecular complexity index is 740. The summed E-state index contributed by atoms with van der Waals surface area (Å²) in [4.78, 5) is 33.6. The van der Waals surface area contributed by atoms with Gasteiger partial charge in [-0.05, 0) is 30.2 Å². The van der Waals surface area contributed by atoms with Crippen LogP contribution in [0.1, 0.15) is 29.8 Å². The molecule has 7 heteroatoms. The molecule has 1 aliphatic heterocycles. The summed E-state index contributed by atoms with van der Waals surface area (Å²) in [6, 6.07) is 3.52. The predicted molar refractivity (Wildman–Crippen MR) is 93.6 cm³/mol. The summed E-state index contributed by atoms with van der Waals surface area (Å²) in [5.74, 6) is 0.683. The van der Waals surface area contributed by atoms with Crippen LogP contribution in [0.2, 0.25) is 0 Å². The van der Waals surface area contributed by atoms with Crippen LogP contribution >= 0.6 is 11.3 Å². The fourth-order valence-corrected chi connectivity index (χ4v) is 3.40. The van der Waals surface area contributed by atoms with Gasteiger partial charge in [-0.15, -0.1) is 11.3 Å². The average Bonchev–Trinajstić information content (AvgIpc) is 3.24. The summed E-state index contributed by atoms with van der Waals surface area (Å²) in [7, 11) is 0. The lowest BCUT2D eigenvalue weighted by molar-refractivity contribution is -0.125. The summed E-state index contributed by atoms with van der Waals surface area (Å²) in [6.45, 7) is 2.91. The molecule has 0 aliphatic carbocycles. The van der Waals surface area contributed by atoms with Gasteiger partial charge in [0.2, 0.25) is 11.8 Å². The lowest BCUT2D eigenvalue weighted by Crippen LogP contribution is -2.26. The molecule has 1 fully saturated rings. The van der Waals surface area contributed by atoms with Crippen LogP contribution in [-0.4, -0.2) is 39.8 Å². The van der Waals surface area contributed by atoms with Gasteiger partial charge in [0.05, 0.1) is 5.01 Å². The third kappa shape index (κ3) is 4.05. The number of thiazole rings is 1. The van der Waals surface area contributed by atoms with Crippen LogP contribution in [0.3, 0.4) is 0 Å². The molecule has 0 radical (unpaired) electrons. The summed E-state index contributed by atoms with van der Waals surface area (Å²) in [6.07, 6.45) is 7.70. The minimum atomic E-state index is -0.162. The number of nitrogens with zero attached hydrogens (tertiary/aromatic N) is 3. The SMILES string of the molecule is CC(=O)Nc1ccc(/C=C/C(=O)N2CC[C@@H](c3nccs3)C2)cn1. The number of anilines is 1. The number of carbonyl (C=O) groups is 2. The first-order valence-corrected chi connectivity index (χ1v) is 8.60. The van der Waals surface area contributed by atoms with E-state index in [1.807, 2.05) is 22.5 Å². The van der Waals surface area contributed by atoms with Gasteiger partial charge >= 0.3 is 0 Å². The Morgan fingerprint density at radius 2 is 2.25 bits per heavy atom. The Hall–Kier alpha value is -2.54. The second kappa shape index (κ2) is 7.35. The Morgan fingerprint density at radius 1 is 1.38 bits per heavy atom.